The van der Waals surface area contributed by atoms with Crippen molar-refractivity contribution in [1.82, 2.24) is 0 Å². The Labute approximate surface area is 70.7 Å². The van der Waals surface area contributed by atoms with Crippen LogP contribution < -0.4 is 0 Å². The first-order chi connectivity index (χ1) is 5.66. The van der Waals surface area contributed by atoms with E-state index in [-0.39, 0.29) is 24.6 Å². The van der Waals surface area contributed by atoms with E-state index in [1.165, 1.54) is 0 Å². The van der Waals surface area contributed by atoms with Crippen LogP contribution in [0.1, 0.15) is 13.8 Å². The van der Waals surface area contributed by atoms with Gasteiger partial charge >= 0.3 is 0 Å². The molecule has 3 fully saturated rings. The molecule has 0 aromatic heterocycles. The summed E-state index contributed by atoms with van der Waals surface area (Å²) in [6.45, 7) is 4.49. The lowest BCUT2D eigenvalue weighted by Gasteiger charge is -2.19. The molecule has 0 aromatic carbocycles. The number of rotatable bonds is 0. The maximum atomic E-state index is 5.68. The van der Waals surface area contributed by atoms with E-state index in [0.717, 1.165) is 0 Å². The van der Waals surface area contributed by atoms with E-state index >= 15 is 0 Å². The van der Waals surface area contributed by atoms with Crippen LogP contribution in [0.15, 0.2) is 0 Å². The third-order valence-electron chi connectivity index (χ3n) is 2.53. The molecule has 0 N–H and O–H groups in total. The van der Waals surface area contributed by atoms with E-state index in [2.05, 4.69) is 0 Å². The molecular weight excluding hydrogens is 160 g/mol. The Morgan fingerprint density at radius 1 is 1.17 bits per heavy atom. The Morgan fingerprint density at radius 2 is 1.92 bits per heavy atom. The van der Waals surface area contributed by atoms with Gasteiger partial charge in [0.05, 0.1) is 6.61 Å². The highest BCUT2D eigenvalue weighted by Gasteiger charge is 2.59. The van der Waals surface area contributed by atoms with E-state index in [0.29, 0.717) is 6.61 Å². The van der Waals surface area contributed by atoms with Crippen molar-refractivity contribution in [3.63, 3.8) is 0 Å². The molecule has 2 bridgehead atoms. The minimum absolute atomic E-state index is 0.0150. The van der Waals surface area contributed by atoms with Crippen molar-refractivity contribution in [2.45, 2.75) is 44.2 Å². The van der Waals surface area contributed by atoms with Gasteiger partial charge in [0, 0.05) is 0 Å². The van der Waals surface area contributed by atoms with Crippen molar-refractivity contribution < 1.29 is 18.9 Å². The van der Waals surface area contributed by atoms with Crippen LogP contribution in [0.5, 0.6) is 0 Å². The van der Waals surface area contributed by atoms with Crippen LogP contribution >= 0.6 is 0 Å². The summed E-state index contributed by atoms with van der Waals surface area (Å²) in [5.41, 5.74) is 0. The molecule has 0 radical (unpaired) electrons. The Balaban J connectivity index is 1.87. The zero-order valence-corrected chi connectivity index (χ0v) is 7.15. The molecule has 3 heterocycles. The molecule has 3 rings (SSSR count). The van der Waals surface area contributed by atoms with Gasteiger partial charge in [-0.2, -0.15) is 0 Å². The predicted molar refractivity (Wildman–Crippen MR) is 38.4 cm³/mol. The molecule has 12 heavy (non-hydrogen) atoms. The molecule has 4 nitrogen and oxygen atoms in total. The van der Waals surface area contributed by atoms with Crippen LogP contribution in [-0.2, 0) is 18.9 Å². The molecule has 0 unspecified atom stereocenters. The molecule has 0 saturated carbocycles. The minimum atomic E-state index is -0.469. The highest BCUT2D eigenvalue weighted by atomic mass is 16.8. The summed E-state index contributed by atoms with van der Waals surface area (Å²) in [7, 11) is 0. The van der Waals surface area contributed by atoms with Gasteiger partial charge in [-0.15, -0.1) is 0 Å². The highest BCUT2D eigenvalue weighted by Crippen LogP contribution is 2.42. The normalized spacial score (nSPS) is 54.5. The van der Waals surface area contributed by atoms with Gasteiger partial charge in [0.1, 0.15) is 18.3 Å². The second-order valence-corrected chi connectivity index (χ2v) is 3.94. The van der Waals surface area contributed by atoms with Crippen molar-refractivity contribution in [3.05, 3.63) is 0 Å². The van der Waals surface area contributed by atoms with Gasteiger partial charge in [0.15, 0.2) is 12.1 Å². The molecule has 3 aliphatic heterocycles. The first kappa shape index (κ1) is 7.26. The lowest BCUT2D eigenvalue weighted by molar-refractivity contribution is -0.192. The molecule has 0 amide bonds. The van der Waals surface area contributed by atoms with Crippen LogP contribution in [0.2, 0.25) is 0 Å². The lowest BCUT2D eigenvalue weighted by atomic mass is 10.1. The zero-order valence-electron chi connectivity index (χ0n) is 7.15. The quantitative estimate of drug-likeness (QED) is 0.525. The number of hydrogen-bond acceptors (Lipinski definition) is 4. The second-order valence-electron chi connectivity index (χ2n) is 3.94. The van der Waals surface area contributed by atoms with E-state index in [4.69, 9.17) is 18.9 Å². The van der Waals surface area contributed by atoms with Crippen LogP contribution in [0.3, 0.4) is 0 Å². The Hall–Kier alpha value is -0.160. The van der Waals surface area contributed by atoms with Gasteiger partial charge in [0.2, 0.25) is 0 Å². The number of fused-ring (bicyclic) bond motifs is 5. The molecule has 3 saturated heterocycles. The van der Waals surface area contributed by atoms with Crippen molar-refractivity contribution in [3.8, 4) is 0 Å². The van der Waals surface area contributed by atoms with Crippen LogP contribution in [0.25, 0.3) is 0 Å². The largest absolute Gasteiger partial charge is 0.347 e. The predicted octanol–water partition coefficient (Wildman–Crippen LogP) is 0.262. The van der Waals surface area contributed by atoms with Crippen LogP contribution in [0, 0.1) is 0 Å². The Bertz CT molecular complexity index is 195. The van der Waals surface area contributed by atoms with Crippen molar-refractivity contribution in [2.75, 3.05) is 6.61 Å². The summed E-state index contributed by atoms with van der Waals surface area (Å²) >= 11 is 0. The van der Waals surface area contributed by atoms with E-state index in [1.807, 2.05) is 13.8 Å². The van der Waals surface area contributed by atoms with Gasteiger partial charge in [-0.25, -0.2) is 0 Å². The highest BCUT2D eigenvalue weighted by molar-refractivity contribution is 4.98. The molecule has 0 aliphatic carbocycles. The summed E-state index contributed by atoms with van der Waals surface area (Å²) < 4.78 is 22.1. The fourth-order valence-electron chi connectivity index (χ4n) is 2.10. The third-order valence-corrected chi connectivity index (χ3v) is 2.53. The maximum Gasteiger partial charge on any atom is 0.187 e. The average molecular weight is 172 g/mol. The lowest BCUT2D eigenvalue weighted by Crippen LogP contribution is -2.37. The van der Waals surface area contributed by atoms with Crippen LogP contribution in [-0.4, -0.2) is 37.0 Å². The Kier molecular flexibility index (Phi) is 1.22. The first-order valence-corrected chi connectivity index (χ1v) is 4.28. The smallest absolute Gasteiger partial charge is 0.187 e. The number of ether oxygens (including phenoxy) is 4. The third kappa shape index (κ3) is 0.808. The fourth-order valence-corrected chi connectivity index (χ4v) is 2.10. The molecule has 4 atom stereocenters. The van der Waals surface area contributed by atoms with E-state index < -0.39 is 5.79 Å². The van der Waals surface area contributed by atoms with Gasteiger partial charge in [-0.3, -0.25) is 0 Å². The van der Waals surface area contributed by atoms with Gasteiger partial charge in [0.25, 0.3) is 0 Å². The van der Waals surface area contributed by atoms with Crippen molar-refractivity contribution in [1.29, 1.82) is 0 Å². The van der Waals surface area contributed by atoms with Gasteiger partial charge in [-0.05, 0) is 13.8 Å². The standard InChI is InChI=1S/C8H12O4/c1-8(2)11-5-4-3-9-7(10-4)6(5)12-8/h4-7H,3H2,1-2H3/t4-,5+,6+,7-/m0/s1. The zero-order chi connectivity index (χ0) is 8.34. The first-order valence-electron chi connectivity index (χ1n) is 4.28. The molecular formula is C8H12O4. The second kappa shape index (κ2) is 2.01. The fraction of sp³-hybridized carbons (Fsp3) is 1.00. The summed E-state index contributed by atoms with van der Waals surface area (Å²) in [6, 6.07) is 0. The summed E-state index contributed by atoms with van der Waals surface area (Å²) in [5, 5.41) is 0. The number of hydrogen-bond donors (Lipinski definition) is 0. The monoisotopic (exact) mass is 172 g/mol. The molecule has 3 aliphatic rings. The van der Waals surface area contributed by atoms with Gasteiger partial charge < -0.3 is 18.9 Å². The molecule has 0 spiro atoms. The van der Waals surface area contributed by atoms with Crippen molar-refractivity contribution >= 4 is 0 Å². The summed E-state index contributed by atoms with van der Waals surface area (Å²) in [6.07, 6.45) is -0.0407. The molecule has 4 heteroatoms. The summed E-state index contributed by atoms with van der Waals surface area (Å²) in [4.78, 5) is 0. The minimum Gasteiger partial charge on any atom is -0.347 e. The summed E-state index contributed by atoms with van der Waals surface area (Å²) in [5.74, 6) is -0.469. The van der Waals surface area contributed by atoms with Crippen molar-refractivity contribution in [2.24, 2.45) is 0 Å². The average Bonchev–Trinajstić information content (AvgIpc) is 2.54. The van der Waals surface area contributed by atoms with E-state index in [1.54, 1.807) is 0 Å². The topological polar surface area (TPSA) is 36.9 Å². The van der Waals surface area contributed by atoms with Gasteiger partial charge in [-0.1, -0.05) is 0 Å². The van der Waals surface area contributed by atoms with E-state index in [9.17, 15) is 0 Å². The Morgan fingerprint density at radius 3 is 2.67 bits per heavy atom. The molecule has 0 aromatic rings. The maximum absolute atomic E-state index is 5.68. The SMILES string of the molecule is CC1(C)O[C@H]2[C@H]3OC[C@H](O3)[C@H]2O1. The van der Waals surface area contributed by atoms with Crippen LogP contribution in [0.4, 0.5) is 0 Å². The molecule has 68 valence electrons.